The van der Waals surface area contributed by atoms with E-state index in [1.165, 1.54) is 11.1 Å². The summed E-state index contributed by atoms with van der Waals surface area (Å²) in [6.45, 7) is 0.749. The number of benzene rings is 1. The number of nitrogens with two attached hydrogens (primary N) is 1. The van der Waals surface area contributed by atoms with E-state index in [0.29, 0.717) is 12.0 Å². The van der Waals surface area contributed by atoms with Crippen LogP contribution in [-0.2, 0) is 6.54 Å². The van der Waals surface area contributed by atoms with Gasteiger partial charge in [-0.05, 0) is 35.7 Å². The maximum absolute atomic E-state index is 5.84. The van der Waals surface area contributed by atoms with Gasteiger partial charge in [0.2, 0.25) is 0 Å². The van der Waals surface area contributed by atoms with Crippen molar-refractivity contribution in [3.05, 3.63) is 53.7 Å². The van der Waals surface area contributed by atoms with Gasteiger partial charge < -0.3 is 15.8 Å². The maximum Gasteiger partial charge on any atom is 0.126 e. The van der Waals surface area contributed by atoms with Crippen molar-refractivity contribution in [2.45, 2.75) is 24.9 Å². The van der Waals surface area contributed by atoms with Crippen LogP contribution >= 0.6 is 0 Å². The summed E-state index contributed by atoms with van der Waals surface area (Å²) in [6.07, 6.45) is 3.01. The van der Waals surface area contributed by atoms with Crippen molar-refractivity contribution in [3.63, 3.8) is 0 Å². The number of nitrogens with zero attached hydrogens (tertiary/aromatic N) is 1. The molecule has 3 N–H and O–H groups in total. The Morgan fingerprint density at radius 2 is 2.00 bits per heavy atom. The summed E-state index contributed by atoms with van der Waals surface area (Å²) in [4.78, 5) is 4.43. The summed E-state index contributed by atoms with van der Waals surface area (Å²) >= 11 is 0. The average molecular weight is 269 g/mol. The van der Waals surface area contributed by atoms with E-state index >= 15 is 0 Å². The predicted octanol–water partition coefficient (Wildman–Crippen LogP) is 2.52. The molecular formula is C16H19N3O. The number of nitrogens with one attached hydrogen (secondary N) is 1. The third-order valence-electron chi connectivity index (χ3n) is 3.69. The molecule has 1 aliphatic carbocycles. The smallest absolute Gasteiger partial charge is 0.126 e. The van der Waals surface area contributed by atoms with Crippen LogP contribution in [0.15, 0.2) is 42.6 Å². The Morgan fingerprint density at radius 3 is 2.55 bits per heavy atom. The van der Waals surface area contributed by atoms with Crippen LogP contribution in [0.4, 0.5) is 5.82 Å². The van der Waals surface area contributed by atoms with Crippen molar-refractivity contribution in [1.82, 2.24) is 4.98 Å². The van der Waals surface area contributed by atoms with Crippen LogP contribution in [0, 0.1) is 0 Å². The first-order chi connectivity index (χ1) is 9.76. The highest BCUT2D eigenvalue weighted by Gasteiger charge is 2.34. The van der Waals surface area contributed by atoms with Crippen molar-refractivity contribution in [2.24, 2.45) is 5.73 Å². The van der Waals surface area contributed by atoms with Gasteiger partial charge >= 0.3 is 0 Å². The number of aromatic nitrogens is 1. The minimum Gasteiger partial charge on any atom is -0.497 e. The quantitative estimate of drug-likeness (QED) is 0.875. The van der Waals surface area contributed by atoms with E-state index in [4.69, 9.17) is 10.5 Å². The molecule has 104 valence electrons. The monoisotopic (exact) mass is 269 g/mol. The number of hydrogen-bond donors (Lipinski definition) is 2. The summed E-state index contributed by atoms with van der Waals surface area (Å²) in [6, 6.07) is 12.5. The Bertz CT molecular complexity index is 565. The Balaban J connectivity index is 1.57. The summed E-state index contributed by atoms with van der Waals surface area (Å²) in [7, 11) is 1.67. The second-order valence-electron chi connectivity index (χ2n) is 5.18. The molecular weight excluding hydrogens is 250 g/mol. The lowest BCUT2D eigenvalue weighted by molar-refractivity contribution is 0.414. The lowest BCUT2D eigenvalue weighted by atomic mass is 10.2. The fraction of sp³-hybridized carbons (Fsp3) is 0.312. The Morgan fingerprint density at radius 1 is 1.25 bits per heavy atom. The molecule has 2 aromatic rings. The van der Waals surface area contributed by atoms with Gasteiger partial charge in [-0.3, -0.25) is 0 Å². The molecule has 0 spiro atoms. The second-order valence-corrected chi connectivity index (χ2v) is 5.18. The summed E-state index contributed by atoms with van der Waals surface area (Å²) in [5.41, 5.74) is 8.28. The Kier molecular flexibility index (Phi) is 3.56. The minimum absolute atomic E-state index is 0.329. The van der Waals surface area contributed by atoms with Gasteiger partial charge in [-0.2, -0.15) is 0 Å². The normalized spacial score (nSPS) is 20.5. The molecule has 1 heterocycles. The highest BCUT2D eigenvalue weighted by atomic mass is 16.5. The van der Waals surface area contributed by atoms with Gasteiger partial charge in [-0.15, -0.1) is 0 Å². The van der Waals surface area contributed by atoms with Crippen LogP contribution in [0.3, 0.4) is 0 Å². The number of anilines is 1. The van der Waals surface area contributed by atoms with Gasteiger partial charge in [0, 0.05) is 24.7 Å². The van der Waals surface area contributed by atoms with Crippen LogP contribution in [0.1, 0.15) is 23.5 Å². The van der Waals surface area contributed by atoms with Crippen molar-refractivity contribution < 1.29 is 4.74 Å². The number of hydrogen-bond acceptors (Lipinski definition) is 4. The Hall–Kier alpha value is -2.07. The zero-order valence-corrected chi connectivity index (χ0v) is 11.5. The van der Waals surface area contributed by atoms with Crippen molar-refractivity contribution in [1.29, 1.82) is 0 Å². The van der Waals surface area contributed by atoms with Crippen molar-refractivity contribution in [2.75, 3.05) is 12.4 Å². The topological polar surface area (TPSA) is 60.2 Å². The van der Waals surface area contributed by atoms with E-state index < -0.39 is 0 Å². The highest BCUT2D eigenvalue weighted by molar-refractivity contribution is 5.39. The minimum atomic E-state index is 0.329. The van der Waals surface area contributed by atoms with Crippen LogP contribution in [0.2, 0.25) is 0 Å². The molecule has 1 aromatic carbocycles. The number of ether oxygens (including phenoxy) is 1. The fourth-order valence-electron chi connectivity index (χ4n) is 2.26. The molecule has 0 radical (unpaired) electrons. The van der Waals surface area contributed by atoms with Gasteiger partial charge in [-0.25, -0.2) is 4.98 Å². The lowest BCUT2D eigenvalue weighted by Crippen LogP contribution is -2.03. The molecule has 3 rings (SSSR count). The highest BCUT2D eigenvalue weighted by Crippen LogP contribution is 2.38. The van der Waals surface area contributed by atoms with E-state index in [9.17, 15) is 0 Å². The molecule has 20 heavy (non-hydrogen) atoms. The lowest BCUT2D eigenvalue weighted by Gasteiger charge is -2.07. The fourth-order valence-corrected chi connectivity index (χ4v) is 2.26. The molecule has 4 heteroatoms. The first-order valence-corrected chi connectivity index (χ1v) is 6.84. The van der Waals surface area contributed by atoms with Crippen molar-refractivity contribution >= 4 is 5.82 Å². The predicted molar refractivity (Wildman–Crippen MR) is 79.9 cm³/mol. The standard InChI is InChI=1S/C16H19N3O/c1-20-13-5-2-11(3-6-13)9-18-16-7-4-12(10-19-16)14-8-15(14)17/h2-7,10,14-15H,8-9,17H2,1H3,(H,18,19)/t14-,15+/m1/s1. The largest absolute Gasteiger partial charge is 0.497 e. The molecule has 0 aliphatic heterocycles. The van der Waals surface area contributed by atoms with Crippen molar-refractivity contribution in [3.8, 4) is 5.75 Å². The van der Waals surface area contributed by atoms with Gasteiger partial charge in [-0.1, -0.05) is 18.2 Å². The van der Waals surface area contributed by atoms with Gasteiger partial charge in [0.25, 0.3) is 0 Å². The first-order valence-electron chi connectivity index (χ1n) is 6.84. The molecule has 0 amide bonds. The number of pyridine rings is 1. The van der Waals surface area contributed by atoms with E-state index in [-0.39, 0.29) is 0 Å². The first kappa shape index (κ1) is 12.9. The molecule has 4 nitrogen and oxygen atoms in total. The molecule has 0 unspecified atom stereocenters. The molecule has 1 fully saturated rings. The second kappa shape index (κ2) is 5.51. The Labute approximate surface area is 119 Å². The van der Waals surface area contributed by atoms with E-state index in [1.54, 1.807) is 7.11 Å². The third kappa shape index (κ3) is 2.91. The SMILES string of the molecule is COc1ccc(CNc2ccc([C@H]3C[C@@H]3N)cn2)cc1. The maximum atomic E-state index is 5.84. The molecule has 1 aromatic heterocycles. The number of methoxy groups -OCH3 is 1. The van der Waals surface area contributed by atoms with E-state index in [0.717, 1.165) is 24.5 Å². The van der Waals surface area contributed by atoms with Crippen LogP contribution in [0.25, 0.3) is 0 Å². The third-order valence-corrected chi connectivity index (χ3v) is 3.69. The molecule has 1 aliphatic rings. The molecule has 0 saturated heterocycles. The molecule has 1 saturated carbocycles. The van der Waals surface area contributed by atoms with E-state index in [2.05, 4.69) is 16.4 Å². The van der Waals surface area contributed by atoms with Gasteiger partial charge in [0.05, 0.1) is 7.11 Å². The van der Waals surface area contributed by atoms with Gasteiger partial charge in [0.1, 0.15) is 11.6 Å². The molecule has 0 bridgehead atoms. The summed E-state index contributed by atoms with van der Waals surface area (Å²) in [5.74, 6) is 2.27. The average Bonchev–Trinajstić information content (AvgIpc) is 3.23. The zero-order valence-electron chi connectivity index (χ0n) is 11.5. The van der Waals surface area contributed by atoms with E-state index in [1.807, 2.05) is 36.5 Å². The zero-order chi connectivity index (χ0) is 13.9. The summed E-state index contributed by atoms with van der Waals surface area (Å²) < 4.78 is 5.14. The van der Waals surface area contributed by atoms with Crippen LogP contribution < -0.4 is 15.8 Å². The summed E-state index contributed by atoms with van der Waals surface area (Å²) in [5, 5.41) is 3.31. The van der Waals surface area contributed by atoms with Crippen LogP contribution in [-0.4, -0.2) is 18.1 Å². The number of rotatable bonds is 5. The van der Waals surface area contributed by atoms with Crippen LogP contribution in [0.5, 0.6) is 5.75 Å². The molecule has 2 atom stereocenters. The van der Waals surface area contributed by atoms with Gasteiger partial charge in [0.15, 0.2) is 0 Å².